The second-order valence-corrected chi connectivity index (χ2v) is 10.9. The van der Waals surface area contributed by atoms with Gasteiger partial charge in [0, 0.05) is 54.6 Å². The van der Waals surface area contributed by atoms with E-state index in [4.69, 9.17) is 0 Å². The quantitative estimate of drug-likeness (QED) is 0.523. The van der Waals surface area contributed by atoms with Gasteiger partial charge < -0.3 is 4.90 Å². The Kier molecular flexibility index (Phi) is 7.08. The number of nitro benzene ring substituents is 1. The number of anilines is 1. The van der Waals surface area contributed by atoms with Gasteiger partial charge in [-0.05, 0) is 64.4 Å². The van der Waals surface area contributed by atoms with Crippen LogP contribution in [0.4, 0.5) is 11.4 Å². The summed E-state index contributed by atoms with van der Waals surface area (Å²) in [6, 6.07) is 9.97. The first-order valence-electron chi connectivity index (χ1n) is 10.8. The van der Waals surface area contributed by atoms with E-state index in [9.17, 15) is 23.3 Å². The third-order valence-electron chi connectivity index (χ3n) is 5.80. The van der Waals surface area contributed by atoms with Gasteiger partial charge in [-0.15, -0.1) is 0 Å². The first-order valence-corrected chi connectivity index (χ1v) is 12.3. The molecule has 1 amide bonds. The molecular weight excluding hydrogens is 444 g/mol. The van der Waals surface area contributed by atoms with Crippen LogP contribution in [0.1, 0.15) is 43.1 Å². The van der Waals surface area contributed by atoms with Crippen LogP contribution in [-0.2, 0) is 10.0 Å². The average molecular weight is 475 g/mol. The molecule has 1 saturated heterocycles. The Hall–Kier alpha value is -2.98. The lowest BCUT2D eigenvalue weighted by Gasteiger charge is -2.34. The highest BCUT2D eigenvalue weighted by molar-refractivity contribution is 7.92. The molecule has 10 heteroatoms. The number of nitrogens with zero attached hydrogens (tertiary/aromatic N) is 3. The van der Waals surface area contributed by atoms with Gasteiger partial charge in [-0.25, -0.2) is 8.42 Å². The Morgan fingerprint density at radius 3 is 2.30 bits per heavy atom. The summed E-state index contributed by atoms with van der Waals surface area (Å²) in [5, 5.41) is 11.1. The minimum absolute atomic E-state index is 0.0513. The summed E-state index contributed by atoms with van der Waals surface area (Å²) in [6.45, 7) is 11.1. The summed E-state index contributed by atoms with van der Waals surface area (Å²) in [7, 11) is -4.02. The molecule has 0 spiro atoms. The summed E-state index contributed by atoms with van der Waals surface area (Å²) >= 11 is 0. The van der Waals surface area contributed by atoms with Gasteiger partial charge in [0.25, 0.3) is 21.6 Å². The van der Waals surface area contributed by atoms with Crippen molar-refractivity contribution >= 4 is 27.3 Å². The van der Waals surface area contributed by atoms with Crippen molar-refractivity contribution in [2.75, 3.05) is 30.9 Å². The van der Waals surface area contributed by atoms with Crippen molar-refractivity contribution < 1.29 is 18.1 Å². The monoisotopic (exact) mass is 474 g/mol. The minimum atomic E-state index is -4.02. The fourth-order valence-corrected chi connectivity index (χ4v) is 4.90. The number of benzene rings is 2. The predicted octanol–water partition coefficient (Wildman–Crippen LogP) is 3.65. The molecule has 2 aromatic rings. The lowest BCUT2D eigenvalue weighted by molar-refractivity contribution is -0.385. The zero-order valence-corrected chi connectivity index (χ0v) is 20.2. The minimum Gasteiger partial charge on any atom is -0.337 e. The Balaban J connectivity index is 1.71. The summed E-state index contributed by atoms with van der Waals surface area (Å²) in [6.07, 6.45) is 0.892. The molecule has 0 atom stereocenters. The zero-order valence-electron chi connectivity index (χ0n) is 19.4. The molecule has 2 aromatic carbocycles. The molecule has 0 radical (unpaired) electrons. The van der Waals surface area contributed by atoms with E-state index in [1.165, 1.54) is 24.3 Å². The van der Waals surface area contributed by atoms with Crippen LogP contribution in [0.2, 0.25) is 0 Å². The van der Waals surface area contributed by atoms with Crippen LogP contribution in [0, 0.1) is 17.0 Å². The molecule has 1 N–H and O–H groups in total. The SMILES string of the molecule is Cc1ccc(S(=O)(=O)Nc2ccc(C(=O)N3CCCN(C(C)(C)C)CC3)cc2)cc1[N+](=O)[O-]. The van der Waals surface area contributed by atoms with Crippen LogP contribution in [-0.4, -0.2) is 60.8 Å². The lowest BCUT2D eigenvalue weighted by Crippen LogP contribution is -2.44. The summed E-state index contributed by atoms with van der Waals surface area (Å²) in [5.74, 6) is -0.0886. The van der Waals surface area contributed by atoms with Gasteiger partial charge in [-0.1, -0.05) is 6.07 Å². The molecular formula is C23H30N4O5S. The third-order valence-corrected chi connectivity index (χ3v) is 7.18. The van der Waals surface area contributed by atoms with Gasteiger partial charge in [0.2, 0.25) is 0 Å². The van der Waals surface area contributed by atoms with Crippen molar-refractivity contribution in [1.29, 1.82) is 0 Å². The van der Waals surface area contributed by atoms with Gasteiger partial charge in [0.15, 0.2) is 0 Å². The van der Waals surface area contributed by atoms with E-state index in [0.717, 1.165) is 25.6 Å². The number of hydrogen-bond acceptors (Lipinski definition) is 6. The molecule has 33 heavy (non-hydrogen) atoms. The molecule has 9 nitrogen and oxygen atoms in total. The maximum Gasteiger partial charge on any atom is 0.273 e. The van der Waals surface area contributed by atoms with Crippen molar-refractivity contribution in [3.63, 3.8) is 0 Å². The topological polar surface area (TPSA) is 113 Å². The smallest absolute Gasteiger partial charge is 0.273 e. The summed E-state index contributed by atoms with van der Waals surface area (Å²) < 4.78 is 27.8. The maximum absolute atomic E-state index is 13.0. The second kappa shape index (κ2) is 9.48. The van der Waals surface area contributed by atoms with E-state index < -0.39 is 14.9 Å². The summed E-state index contributed by atoms with van der Waals surface area (Å²) in [5.41, 5.74) is 0.912. The van der Waals surface area contributed by atoms with Crippen molar-refractivity contribution in [2.24, 2.45) is 0 Å². The molecule has 0 bridgehead atoms. The van der Waals surface area contributed by atoms with Crippen LogP contribution >= 0.6 is 0 Å². The van der Waals surface area contributed by atoms with E-state index in [1.54, 1.807) is 19.1 Å². The zero-order chi connectivity index (χ0) is 24.4. The van der Waals surface area contributed by atoms with Crippen LogP contribution < -0.4 is 4.72 Å². The highest BCUT2D eigenvalue weighted by atomic mass is 32.2. The Bertz CT molecular complexity index is 1140. The Morgan fingerprint density at radius 1 is 1.03 bits per heavy atom. The molecule has 1 heterocycles. The molecule has 1 aliphatic heterocycles. The average Bonchev–Trinajstić information content (AvgIpc) is 3.00. The molecule has 3 rings (SSSR count). The second-order valence-electron chi connectivity index (χ2n) is 9.19. The van der Waals surface area contributed by atoms with E-state index in [1.807, 2.05) is 4.90 Å². The first-order chi connectivity index (χ1) is 15.4. The van der Waals surface area contributed by atoms with Crippen molar-refractivity contribution in [3.05, 3.63) is 63.7 Å². The molecule has 1 aliphatic rings. The summed E-state index contributed by atoms with van der Waals surface area (Å²) in [4.78, 5) is 27.5. The van der Waals surface area contributed by atoms with Crippen molar-refractivity contribution in [2.45, 2.75) is 44.6 Å². The normalized spacial score (nSPS) is 15.7. The van der Waals surface area contributed by atoms with E-state index in [-0.39, 0.29) is 27.7 Å². The lowest BCUT2D eigenvalue weighted by atomic mass is 10.1. The van der Waals surface area contributed by atoms with Crippen molar-refractivity contribution in [1.82, 2.24) is 9.80 Å². The number of nitrogens with one attached hydrogen (secondary N) is 1. The molecule has 178 valence electrons. The number of rotatable bonds is 5. The molecule has 0 aromatic heterocycles. The number of sulfonamides is 1. The number of carbonyl (C=O) groups is 1. The molecule has 0 aliphatic carbocycles. The number of aryl methyl sites for hydroxylation is 1. The Morgan fingerprint density at radius 2 is 1.70 bits per heavy atom. The van der Waals surface area contributed by atoms with Gasteiger partial charge in [0.1, 0.15) is 0 Å². The first kappa shape index (κ1) is 24.7. The van der Waals surface area contributed by atoms with E-state index in [0.29, 0.717) is 24.2 Å². The molecule has 0 unspecified atom stereocenters. The molecule has 0 saturated carbocycles. The predicted molar refractivity (Wildman–Crippen MR) is 127 cm³/mol. The maximum atomic E-state index is 13.0. The largest absolute Gasteiger partial charge is 0.337 e. The standard InChI is InChI=1S/C23H30N4O5S/c1-17-6-11-20(16-21(17)27(29)30)33(31,32)24-19-9-7-18(8-10-19)22(28)25-12-5-13-26(15-14-25)23(2,3)4/h6-11,16,24H,5,12-15H2,1-4H3. The number of hydrogen-bond donors (Lipinski definition) is 1. The van der Waals surface area contributed by atoms with Crippen LogP contribution in [0.5, 0.6) is 0 Å². The third kappa shape index (κ3) is 5.88. The van der Waals surface area contributed by atoms with Gasteiger partial charge in [-0.2, -0.15) is 0 Å². The van der Waals surface area contributed by atoms with Crippen LogP contribution in [0.15, 0.2) is 47.4 Å². The van der Waals surface area contributed by atoms with E-state index >= 15 is 0 Å². The van der Waals surface area contributed by atoms with Gasteiger partial charge in [-0.3, -0.25) is 24.5 Å². The Labute approximate surface area is 194 Å². The number of carbonyl (C=O) groups excluding carboxylic acids is 1. The van der Waals surface area contributed by atoms with Gasteiger partial charge >= 0.3 is 0 Å². The van der Waals surface area contributed by atoms with Crippen LogP contribution in [0.3, 0.4) is 0 Å². The fraction of sp³-hybridized carbons (Fsp3) is 0.435. The number of amides is 1. The highest BCUT2D eigenvalue weighted by Crippen LogP contribution is 2.24. The number of nitro groups is 1. The molecule has 1 fully saturated rings. The van der Waals surface area contributed by atoms with E-state index in [2.05, 4.69) is 30.4 Å². The van der Waals surface area contributed by atoms with Crippen molar-refractivity contribution in [3.8, 4) is 0 Å². The van der Waals surface area contributed by atoms with Gasteiger partial charge in [0.05, 0.1) is 9.82 Å². The highest BCUT2D eigenvalue weighted by Gasteiger charge is 2.26. The fourth-order valence-electron chi connectivity index (χ4n) is 3.82. The van der Waals surface area contributed by atoms with Crippen LogP contribution in [0.25, 0.3) is 0 Å².